The smallest absolute Gasteiger partial charge is 0.328 e. The molecule has 1 N–H and O–H groups in total. The number of nitro benzene ring substituents is 1. The number of non-ortho nitro benzene ring substituents is 1. The lowest BCUT2D eigenvalue weighted by Gasteiger charge is -2.16. The molecule has 3 aromatic rings. The summed E-state index contributed by atoms with van der Waals surface area (Å²) in [6.07, 6.45) is 1.77. The molecule has 0 spiro atoms. The van der Waals surface area contributed by atoms with Crippen LogP contribution in [0.3, 0.4) is 0 Å². The maximum atomic E-state index is 12.2. The lowest BCUT2D eigenvalue weighted by Crippen LogP contribution is -2.42. The van der Waals surface area contributed by atoms with Crippen molar-refractivity contribution >= 4 is 17.6 Å². The maximum Gasteiger partial charge on any atom is 0.328 e. The van der Waals surface area contributed by atoms with Gasteiger partial charge in [-0.1, -0.05) is 30.3 Å². The second-order valence-corrected chi connectivity index (χ2v) is 6.94. The summed E-state index contributed by atoms with van der Waals surface area (Å²) in [5, 5.41) is 13.6. The SMILES string of the molecule is COC(=O)C(Cc1ncn(Cc2ccccc2)c1-c1ccc([N+](=O)[O-])cc1)NC(C)=O. The molecule has 0 aliphatic carbocycles. The number of methoxy groups -OCH3 is 1. The second kappa shape index (κ2) is 9.66. The zero-order valence-corrected chi connectivity index (χ0v) is 17.1. The van der Waals surface area contributed by atoms with Crippen molar-refractivity contribution in [3.63, 3.8) is 0 Å². The number of carbonyl (C=O) groups is 2. The van der Waals surface area contributed by atoms with Gasteiger partial charge >= 0.3 is 5.97 Å². The summed E-state index contributed by atoms with van der Waals surface area (Å²) in [5.74, 6) is -0.946. The molecule has 1 unspecified atom stereocenters. The van der Waals surface area contributed by atoms with E-state index in [1.165, 1.54) is 26.2 Å². The van der Waals surface area contributed by atoms with Gasteiger partial charge in [-0.3, -0.25) is 14.9 Å². The number of amides is 1. The van der Waals surface area contributed by atoms with Crippen LogP contribution in [0.4, 0.5) is 5.69 Å². The van der Waals surface area contributed by atoms with Gasteiger partial charge in [0.25, 0.3) is 5.69 Å². The molecule has 0 aliphatic heterocycles. The highest BCUT2D eigenvalue weighted by Gasteiger charge is 2.25. The normalized spacial score (nSPS) is 11.5. The molecule has 0 aliphatic rings. The summed E-state index contributed by atoms with van der Waals surface area (Å²) >= 11 is 0. The molecular formula is C22H22N4O5. The van der Waals surface area contributed by atoms with Crippen LogP contribution in [-0.2, 0) is 27.3 Å². The number of hydrogen-bond donors (Lipinski definition) is 1. The standard InChI is InChI=1S/C22H22N4O5/c1-15(27)24-20(22(28)31-2)12-19-21(17-8-10-18(11-9-17)26(29)30)25(14-23-19)13-16-6-4-3-5-7-16/h3-11,14,20H,12-13H2,1-2H3,(H,24,27). The zero-order valence-electron chi connectivity index (χ0n) is 17.1. The quantitative estimate of drug-likeness (QED) is 0.339. The van der Waals surface area contributed by atoms with Crippen LogP contribution in [0.25, 0.3) is 11.3 Å². The summed E-state index contributed by atoms with van der Waals surface area (Å²) < 4.78 is 6.72. The predicted molar refractivity (Wildman–Crippen MR) is 113 cm³/mol. The number of aromatic nitrogens is 2. The molecule has 1 atom stereocenters. The van der Waals surface area contributed by atoms with Crippen LogP contribution in [0.2, 0.25) is 0 Å². The van der Waals surface area contributed by atoms with E-state index >= 15 is 0 Å². The van der Waals surface area contributed by atoms with Gasteiger partial charge in [0.15, 0.2) is 0 Å². The van der Waals surface area contributed by atoms with Gasteiger partial charge in [-0.15, -0.1) is 0 Å². The Kier molecular flexibility index (Phi) is 6.76. The number of hydrogen-bond acceptors (Lipinski definition) is 6. The Balaban J connectivity index is 2.03. The molecule has 3 rings (SSSR count). The Bertz CT molecular complexity index is 1080. The first-order chi connectivity index (χ1) is 14.9. The van der Waals surface area contributed by atoms with Crippen molar-refractivity contribution in [3.05, 3.63) is 82.3 Å². The van der Waals surface area contributed by atoms with Gasteiger partial charge in [0.2, 0.25) is 5.91 Å². The lowest BCUT2D eigenvalue weighted by atomic mass is 10.0. The van der Waals surface area contributed by atoms with Gasteiger partial charge in [-0.25, -0.2) is 9.78 Å². The van der Waals surface area contributed by atoms with E-state index in [1.54, 1.807) is 18.5 Å². The molecule has 1 heterocycles. The number of rotatable bonds is 8. The molecule has 0 saturated heterocycles. The molecule has 9 heteroatoms. The Hall–Kier alpha value is -4.01. The van der Waals surface area contributed by atoms with Gasteiger partial charge in [-0.05, 0) is 17.7 Å². The highest BCUT2D eigenvalue weighted by Crippen LogP contribution is 2.27. The minimum Gasteiger partial charge on any atom is -0.467 e. The third kappa shape index (κ3) is 5.33. The van der Waals surface area contributed by atoms with E-state index in [0.717, 1.165) is 5.56 Å². The Labute approximate surface area is 178 Å². The van der Waals surface area contributed by atoms with E-state index in [4.69, 9.17) is 4.74 Å². The van der Waals surface area contributed by atoms with Crippen LogP contribution in [0, 0.1) is 10.1 Å². The fraction of sp³-hybridized carbons (Fsp3) is 0.227. The van der Waals surface area contributed by atoms with Gasteiger partial charge in [0, 0.05) is 37.6 Å². The minimum atomic E-state index is -0.903. The third-order valence-electron chi connectivity index (χ3n) is 4.72. The van der Waals surface area contributed by atoms with E-state index < -0.39 is 16.9 Å². The molecule has 0 saturated carbocycles. The van der Waals surface area contributed by atoms with Crippen LogP contribution in [0.1, 0.15) is 18.2 Å². The first-order valence-corrected chi connectivity index (χ1v) is 9.56. The molecule has 1 aromatic heterocycles. The summed E-state index contributed by atoms with van der Waals surface area (Å²) in [5.41, 5.74) is 3.00. The number of esters is 1. The molecule has 31 heavy (non-hydrogen) atoms. The van der Waals surface area contributed by atoms with Crippen molar-refractivity contribution in [1.29, 1.82) is 0 Å². The third-order valence-corrected chi connectivity index (χ3v) is 4.72. The highest BCUT2D eigenvalue weighted by molar-refractivity contribution is 5.83. The molecule has 0 radical (unpaired) electrons. The van der Waals surface area contributed by atoms with Crippen molar-refractivity contribution < 1.29 is 19.2 Å². The van der Waals surface area contributed by atoms with Crippen molar-refractivity contribution in [2.24, 2.45) is 0 Å². The van der Waals surface area contributed by atoms with E-state index in [1.807, 2.05) is 34.9 Å². The van der Waals surface area contributed by atoms with Crippen molar-refractivity contribution in [3.8, 4) is 11.3 Å². The van der Waals surface area contributed by atoms with E-state index in [2.05, 4.69) is 10.3 Å². The van der Waals surface area contributed by atoms with Crippen molar-refractivity contribution in [1.82, 2.24) is 14.9 Å². The average molecular weight is 422 g/mol. The van der Waals surface area contributed by atoms with Gasteiger partial charge in [-0.2, -0.15) is 0 Å². The predicted octanol–water partition coefficient (Wildman–Crippen LogP) is 2.73. The highest BCUT2D eigenvalue weighted by atomic mass is 16.6. The van der Waals surface area contributed by atoms with E-state index in [-0.39, 0.29) is 18.0 Å². The fourth-order valence-electron chi connectivity index (χ4n) is 3.32. The molecule has 160 valence electrons. The largest absolute Gasteiger partial charge is 0.467 e. The fourth-order valence-corrected chi connectivity index (χ4v) is 3.32. The van der Waals surface area contributed by atoms with Crippen LogP contribution in [-0.4, -0.2) is 39.5 Å². The monoisotopic (exact) mass is 422 g/mol. The first kappa shape index (κ1) is 21.7. The number of benzene rings is 2. The molecular weight excluding hydrogens is 400 g/mol. The molecule has 9 nitrogen and oxygen atoms in total. The van der Waals surface area contributed by atoms with Crippen LogP contribution in [0.15, 0.2) is 60.9 Å². The van der Waals surface area contributed by atoms with Crippen LogP contribution < -0.4 is 5.32 Å². The number of nitro groups is 1. The Morgan fingerprint density at radius 3 is 2.42 bits per heavy atom. The average Bonchev–Trinajstić information content (AvgIpc) is 3.15. The van der Waals surface area contributed by atoms with Crippen LogP contribution in [0.5, 0.6) is 0 Å². The topological polar surface area (TPSA) is 116 Å². The molecule has 1 amide bonds. The van der Waals surface area contributed by atoms with Gasteiger partial charge in [0.1, 0.15) is 6.04 Å². The van der Waals surface area contributed by atoms with E-state index in [0.29, 0.717) is 23.5 Å². The molecule has 0 bridgehead atoms. The van der Waals surface area contributed by atoms with Crippen LogP contribution >= 0.6 is 0 Å². The Morgan fingerprint density at radius 2 is 1.84 bits per heavy atom. The van der Waals surface area contributed by atoms with Gasteiger partial charge in [0.05, 0.1) is 29.7 Å². The van der Waals surface area contributed by atoms with Crippen molar-refractivity contribution in [2.45, 2.75) is 25.9 Å². The first-order valence-electron chi connectivity index (χ1n) is 9.56. The number of carbonyl (C=O) groups excluding carboxylic acids is 2. The molecule has 2 aromatic carbocycles. The van der Waals surface area contributed by atoms with Gasteiger partial charge < -0.3 is 14.6 Å². The Morgan fingerprint density at radius 1 is 1.16 bits per heavy atom. The van der Waals surface area contributed by atoms with E-state index in [9.17, 15) is 19.7 Å². The summed E-state index contributed by atoms with van der Waals surface area (Å²) in [6, 6.07) is 15.0. The summed E-state index contributed by atoms with van der Waals surface area (Å²) in [7, 11) is 1.25. The molecule has 0 fully saturated rings. The lowest BCUT2D eigenvalue weighted by molar-refractivity contribution is -0.384. The number of nitrogens with one attached hydrogen (secondary N) is 1. The number of nitrogens with zero attached hydrogens (tertiary/aromatic N) is 3. The van der Waals surface area contributed by atoms with Crippen molar-refractivity contribution in [2.75, 3.05) is 7.11 Å². The summed E-state index contributed by atoms with van der Waals surface area (Å²) in [4.78, 5) is 38.8. The summed E-state index contributed by atoms with van der Waals surface area (Å²) in [6.45, 7) is 1.84. The maximum absolute atomic E-state index is 12.2. The number of ether oxygens (including phenoxy) is 1. The zero-order chi connectivity index (χ0) is 22.4. The second-order valence-electron chi connectivity index (χ2n) is 6.94. The number of imidazole rings is 1. The minimum absolute atomic E-state index is 0.0230.